The van der Waals surface area contributed by atoms with Crippen LogP contribution in [0.4, 0.5) is 11.6 Å². The molecule has 0 fully saturated rings. The van der Waals surface area contributed by atoms with E-state index in [2.05, 4.69) is 26.3 Å². The van der Waals surface area contributed by atoms with Crippen LogP contribution in [0.3, 0.4) is 0 Å². The molecule has 2 aromatic heterocycles. The molecule has 6 heteroatoms. The van der Waals surface area contributed by atoms with Gasteiger partial charge in [0.25, 0.3) is 0 Å². The monoisotopic (exact) mass is 293 g/mol. The summed E-state index contributed by atoms with van der Waals surface area (Å²) in [6, 6.07) is 11.8. The summed E-state index contributed by atoms with van der Waals surface area (Å²) in [5.41, 5.74) is 7.52. The zero-order chi connectivity index (χ0) is 14.9. The third-order valence-corrected chi connectivity index (χ3v) is 3.73. The molecule has 110 valence electrons. The summed E-state index contributed by atoms with van der Waals surface area (Å²) in [4.78, 5) is 12.6. The highest BCUT2D eigenvalue weighted by atomic mass is 16.5. The Kier molecular flexibility index (Phi) is 3.00. The zero-order valence-electron chi connectivity index (χ0n) is 11.9. The van der Waals surface area contributed by atoms with Gasteiger partial charge in [-0.1, -0.05) is 18.2 Å². The first kappa shape index (κ1) is 12.8. The third-order valence-electron chi connectivity index (χ3n) is 3.73. The molecule has 4 rings (SSSR count). The Bertz CT molecular complexity index is 811. The van der Waals surface area contributed by atoms with Crippen molar-refractivity contribution in [2.75, 3.05) is 17.6 Å². The first-order chi connectivity index (χ1) is 10.8. The van der Waals surface area contributed by atoms with Crippen molar-refractivity contribution < 1.29 is 4.74 Å². The van der Waals surface area contributed by atoms with Gasteiger partial charge in [-0.25, -0.2) is 15.0 Å². The van der Waals surface area contributed by atoms with Crippen LogP contribution in [0.25, 0.3) is 11.0 Å². The van der Waals surface area contributed by atoms with Gasteiger partial charge in [-0.3, -0.25) is 0 Å². The van der Waals surface area contributed by atoms with Crippen LogP contribution in [0.2, 0.25) is 0 Å². The van der Waals surface area contributed by atoms with Crippen molar-refractivity contribution in [3.05, 3.63) is 48.3 Å². The van der Waals surface area contributed by atoms with Crippen LogP contribution in [-0.4, -0.2) is 27.6 Å². The number of rotatable bonds is 3. The molecular formula is C16H15N5O. The zero-order valence-corrected chi connectivity index (χ0v) is 11.9. The second kappa shape index (κ2) is 5.14. The number of pyridine rings is 1. The Labute approximate surface area is 127 Å². The topological polar surface area (TPSA) is 86.0 Å². The number of ether oxygens (including phenoxy) is 1. The minimum Gasteiger partial charge on any atom is -0.488 e. The van der Waals surface area contributed by atoms with E-state index in [0.717, 1.165) is 23.4 Å². The number of fused-ring (bicyclic) bond motifs is 2. The van der Waals surface area contributed by atoms with E-state index in [1.807, 2.05) is 24.3 Å². The number of nitrogen functional groups attached to an aromatic ring is 1. The van der Waals surface area contributed by atoms with Crippen LogP contribution < -0.4 is 15.8 Å². The van der Waals surface area contributed by atoms with E-state index >= 15 is 0 Å². The Morgan fingerprint density at radius 3 is 3.00 bits per heavy atom. The van der Waals surface area contributed by atoms with Crippen molar-refractivity contribution in [2.45, 2.75) is 12.5 Å². The summed E-state index contributed by atoms with van der Waals surface area (Å²) in [5, 5.41) is 4.18. The molecule has 1 aromatic carbocycles. The molecule has 1 aliphatic heterocycles. The number of benzene rings is 1. The fourth-order valence-electron chi connectivity index (χ4n) is 2.68. The van der Waals surface area contributed by atoms with Gasteiger partial charge in [0.1, 0.15) is 29.8 Å². The lowest BCUT2D eigenvalue weighted by atomic mass is 10.1. The molecule has 0 radical (unpaired) electrons. The molecule has 0 bridgehead atoms. The minimum atomic E-state index is 0.101. The molecule has 0 spiro atoms. The minimum absolute atomic E-state index is 0.101. The van der Waals surface area contributed by atoms with Gasteiger partial charge in [-0.15, -0.1) is 0 Å². The van der Waals surface area contributed by atoms with Crippen LogP contribution >= 0.6 is 0 Å². The van der Waals surface area contributed by atoms with Crippen LogP contribution in [-0.2, 0) is 6.42 Å². The average Bonchev–Trinajstić information content (AvgIpc) is 2.95. The quantitative estimate of drug-likeness (QED) is 0.768. The van der Waals surface area contributed by atoms with Crippen molar-refractivity contribution in [3.63, 3.8) is 0 Å². The Balaban J connectivity index is 1.51. The maximum Gasteiger partial charge on any atom is 0.166 e. The molecule has 3 N–H and O–H groups in total. The molecule has 6 nitrogen and oxygen atoms in total. The van der Waals surface area contributed by atoms with Gasteiger partial charge in [-0.2, -0.15) is 0 Å². The van der Waals surface area contributed by atoms with E-state index < -0.39 is 0 Å². The van der Waals surface area contributed by atoms with E-state index in [4.69, 9.17) is 10.5 Å². The normalized spacial score (nSPS) is 16.3. The van der Waals surface area contributed by atoms with Crippen LogP contribution in [0.1, 0.15) is 5.56 Å². The molecule has 3 aromatic rings. The highest BCUT2D eigenvalue weighted by Gasteiger charge is 2.22. The number of anilines is 2. The molecular weight excluding hydrogens is 278 g/mol. The summed E-state index contributed by atoms with van der Waals surface area (Å²) < 4.78 is 5.92. The van der Waals surface area contributed by atoms with Crippen LogP contribution in [0.15, 0.2) is 42.7 Å². The molecule has 1 atom stereocenters. The second-order valence-electron chi connectivity index (χ2n) is 5.26. The number of hydrogen-bond donors (Lipinski definition) is 2. The molecule has 0 amide bonds. The molecule has 1 unspecified atom stereocenters. The van der Waals surface area contributed by atoms with Gasteiger partial charge in [0.2, 0.25) is 0 Å². The number of nitrogens with zero attached hydrogens (tertiary/aromatic N) is 3. The maximum atomic E-state index is 5.92. The van der Waals surface area contributed by atoms with Crippen molar-refractivity contribution in [1.82, 2.24) is 15.0 Å². The molecule has 0 saturated carbocycles. The summed E-state index contributed by atoms with van der Waals surface area (Å²) in [5.74, 6) is 2.17. The van der Waals surface area contributed by atoms with Crippen molar-refractivity contribution in [1.29, 1.82) is 0 Å². The average molecular weight is 293 g/mol. The van der Waals surface area contributed by atoms with Crippen molar-refractivity contribution in [2.24, 2.45) is 0 Å². The van der Waals surface area contributed by atoms with E-state index in [-0.39, 0.29) is 6.10 Å². The van der Waals surface area contributed by atoms with Gasteiger partial charge in [0, 0.05) is 6.42 Å². The lowest BCUT2D eigenvalue weighted by Gasteiger charge is -2.13. The molecule has 0 saturated heterocycles. The van der Waals surface area contributed by atoms with Crippen LogP contribution in [0, 0.1) is 0 Å². The number of nitrogens with one attached hydrogen (secondary N) is 1. The molecule has 1 aliphatic rings. The number of nitrogens with two attached hydrogens (primary N) is 1. The fourth-order valence-corrected chi connectivity index (χ4v) is 2.68. The van der Waals surface area contributed by atoms with E-state index in [1.54, 1.807) is 6.07 Å². The fraction of sp³-hybridized carbons (Fsp3) is 0.188. The van der Waals surface area contributed by atoms with Gasteiger partial charge in [-0.05, 0) is 23.8 Å². The predicted octanol–water partition coefficient (Wildman–Crippen LogP) is 2.02. The first-order valence-corrected chi connectivity index (χ1v) is 7.15. The maximum absolute atomic E-state index is 5.92. The number of hydrogen-bond acceptors (Lipinski definition) is 6. The van der Waals surface area contributed by atoms with E-state index in [1.165, 1.54) is 11.9 Å². The highest BCUT2D eigenvalue weighted by Crippen LogP contribution is 2.28. The van der Waals surface area contributed by atoms with Gasteiger partial charge >= 0.3 is 0 Å². The highest BCUT2D eigenvalue weighted by molar-refractivity contribution is 5.87. The van der Waals surface area contributed by atoms with E-state index in [9.17, 15) is 0 Å². The molecule has 3 heterocycles. The number of aromatic nitrogens is 3. The number of para-hydroxylation sites is 1. The Morgan fingerprint density at radius 1 is 1.18 bits per heavy atom. The lowest BCUT2D eigenvalue weighted by molar-refractivity contribution is 0.246. The van der Waals surface area contributed by atoms with Gasteiger partial charge in [0.15, 0.2) is 5.65 Å². The van der Waals surface area contributed by atoms with Gasteiger partial charge < -0.3 is 15.8 Å². The van der Waals surface area contributed by atoms with Gasteiger partial charge in [0.05, 0.1) is 11.9 Å². The van der Waals surface area contributed by atoms with Crippen molar-refractivity contribution >= 4 is 22.7 Å². The smallest absolute Gasteiger partial charge is 0.166 e. The van der Waals surface area contributed by atoms with E-state index in [0.29, 0.717) is 18.0 Å². The predicted molar refractivity (Wildman–Crippen MR) is 84.8 cm³/mol. The van der Waals surface area contributed by atoms with Crippen LogP contribution in [0.5, 0.6) is 5.75 Å². The SMILES string of the molecule is Nc1ccc2c(NCC3Cc4ccccc4O3)ncnc2n1. The summed E-state index contributed by atoms with van der Waals surface area (Å²) in [6.45, 7) is 0.672. The molecule has 22 heavy (non-hydrogen) atoms. The Morgan fingerprint density at radius 2 is 2.09 bits per heavy atom. The second-order valence-corrected chi connectivity index (χ2v) is 5.26. The van der Waals surface area contributed by atoms with Crippen molar-refractivity contribution in [3.8, 4) is 5.75 Å². The molecule has 0 aliphatic carbocycles. The first-order valence-electron chi connectivity index (χ1n) is 7.15. The Hall–Kier alpha value is -2.89. The summed E-state index contributed by atoms with van der Waals surface area (Å²) in [6.07, 6.45) is 2.49. The standard InChI is InChI=1S/C16H15N5O/c17-14-6-5-12-15(19-9-20-16(12)21-14)18-8-11-7-10-3-1-2-4-13(10)22-11/h1-6,9,11H,7-8H2,(H3,17,18,19,20,21). The summed E-state index contributed by atoms with van der Waals surface area (Å²) in [7, 11) is 0. The third kappa shape index (κ3) is 2.28. The lowest BCUT2D eigenvalue weighted by Crippen LogP contribution is -2.24. The summed E-state index contributed by atoms with van der Waals surface area (Å²) >= 11 is 0. The largest absolute Gasteiger partial charge is 0.488 e.